The van der Waals surface area contributed by atoms with Gasteiger partial charge < -0.3 is 0 Å². The molecule has 0 saturated heterocycles. The first-order valence-corrected chi connectivity index (χ1v) is 3.82. The minimum atomic E-state index is -2.06. The van der Waals surface area contributed by atoms with E-state index in [-0.39, 0.29) is 22.4 Å². The van der Waals surface area contributed by atoms with Crippen molar-refractivity contribution in [2.45, 2.75) is 27.7 Å². The summed E-state index contributed by atoms with van der Waals surface area (Å²) in [6, 6.07) is 0. The molecule has 0 N–H and O–H groups in total. The molecule has 0 aliphatic heterocycles. The standard InChI is InChI=1S/C9H12O4.Nb/c1-5(10)9(6(2)11,7(3)12)8(4)13;/h1-4H3;. The molecule has 0 bridgehead atoms. The molecule has 0 aliphatic carbocycles. The molecule has 4 nitrogen and oxygen atoms in total. The number of ketones is 4. The van der Waals surface area contributed by atoms with Crippen LogP contribution < -0.4 is 0 Å². The average molecular weight is 277 g/mol. The van der Waals surface area contributed by atoms with Gasteiger partial charge in [-0.25, -0.2) is 0 Å². The smallest absolute Gasteiger partial charge is 0.202 e. The van der Waals surface area contributed by atoms with Gasteiger partial charge in [-0.2, -0.15) is 0 Å². The molecular weight excluding hydrogens is 265 g/mol. The summed E-state index contributed by atoms with van der Waals surface area (Å²) in [6.45, 7) is 4.29. The van der Waals surface area contributed by atoms with Gasteiger partial charge in [0.05, 0.1) is 0 Å². The van der Waals surface area contributed by atoms with Gasteiger partial charge in [0.2, 0.25) is 5.41 Å². The molecule has 0 unspecified atom stereocenters. The second kappa shape index (κ2) is 5.34. The fourth-order valence-corrected chi connectivity index (χ4v) is 1.49. The van der Waals surface area contributed by atoms with E-state index in [9.17, 15) is 19.2 Å². The van der Waals surface area contributed by atoms with Crippen LogP contribution in [0.1, 0.15) is 27.7 Å². The van der Waals surface area contributed by atoms with Gasteiger partial charge in [0.1, 0.15) is 0 Å². The molecule has 0 aliphatic rings. The van der Waals surface area contributed by atoms with E-state index in [1.165, 1.54) is 0 Å². The Bertz CT molecular complexity index is 232. The molecule has 0 aromatic carbocycles. The van der Waals surface area contributed by atoms with Gasteiger partial charge in [-0.15, -0.1) is 0 Å². The summed E-state index contributed by atoms with van der Waals surface area (Å²) < 4.78 is 0. The van der Waals surface area contributed by atoms with E-state index in [2.05, 4.69) is 0 Å². The minimum Gasteiger partial charge on any atom is -0.298 e. The maximum atomic E-state index is 11.1. The van der Waals surface area contributed by atoms with E-state index in [4.69, 9.17) is 0 Å². The minimum absolute atomic E-state index is 0. The molecule has 0 amide bonds. The molecule has 1 radical (unpaired) electrons. The maximum absolute atomic E-state index is 11.1. The first-order chi connectivity index (χ1) is 5.77. The Morgan fingerprint density at radius 3 is 0.786 bits per heavy atom. The van der Waals surface area contributed by atoms with Crippen LogP contribution in [-0.4, -0.2) is 23.1 Å². The van der Waals surface area contributed by atoms with Crippen molar-refractivity contribution in [2.75, 3.05) is 0 Å². The summed E-state index contributed by atoms with van der Waals surface area (Å²) in [7, 11) is 0. The first-order valence-electron chi connectivity index (χ1n) is 3.82. The van der Waals surface area contributed by atoms with Crippen LogP contribution in [-0.2, 0) is 41.6 Å². The third-order valence-corrected chi connectivity index (χ3v) is 2.11. The van der Waals surface area contributed by atoms with E-state index in [1.807, 2.05) is 0 Å². The van der Waals surface area contributed by atoms with Crippen molar-refractivity contribution in [3.8, 4) is 0 Å². The fourth-order valence-electron chi connectivity index (χ4n) is 1.49. The topological polar surface area (TPSA) is 68.3 Å². The quantitative estimate of drug-likeness (QED) is 0.548. The first kappa shape index (κ1) is 15.9. The number of hydrogen-bond donors (Lipinski definition) is 0. The Morgan fingerprint density at radius 2 is 0.786 bits per heavy atom. The van der Waals surface area contributed by atoms with Crippen molar-refractivity contribution in [2.24, 2.45) is 5.41 Å². The average Bonchev–Trinajstić information content (AvgIpc) is 1.82. The Hall–Kier alpha value is -0.580. The molecule has 0 spiro atoms. The van der Waals surface area contributed by atoms with Crippen LogP contribution in [0.3, 0.4) is 0 Å². The molecular formula is C9H12NbO4. The monoisotopic (exact) mass is 277 g/mol. The second-order valence-electron chi connectivity index (χ2n) is 2.97. The third kappa shape index (κ3) is 2.26. The molecule has 0 saturated carbocycles. The van der Waals surface area contributed by atoms with Crippen molar-refractivity contribution in [1.82, 2.24) is 0 Å². The Morgan fingerprint density at radius 1 is 0.643 bits per heavy atom. The van der Waals surface area contributed by atoms with Crippen molar-refractivity contribution in [1.29, 1.82) is 0 Å². The van der Waals surface area contributed by atoms with Gasteiger partial charge in [-0.1, -0.05) is 0 Å². The summed E-state index contributed by atoms with van der Waals surface area (Å²) in [6.07, 6.45) is 0. The predicted octanol–water partition coefficient (Wildman–Crippen LogP) is 0.326. The van der Waals surface area contributed by atoms with Crippen LogP contribution in [0.15, 0.2) is 0 Å². The molecule has 5 heteroatoms. The Balaban J connectivity index is 0. The zero-order valence-electron chi connectivity index (χ0n) is 8.58. The summed E-state index contributed by atoms with van der Waals surface area (Å²) in [4.78, 5) is 44.5. The molecule has 14 heavy (non-hydrogen) atoms. The van der Waals surface area contributed by atoms with E-state index in [0.29, 0.717) is 0 Å². The van der Waals surface area contributed by atoms with E-state index in [0.717, 1.165) is 27.7 Å². The predicted molar refractivity (Wildman–Crippen MR) is 45.2 cm³/mol. The molecule has 0 rings (SSSR count). The van der Waals surface area contributed by atoms with Crippen molar-refractivity contribution >= 4 is 23.1 Å². The zero-order chi connectivity index (χ0) is 10.8. The second-order valence-corrected chi connectivity index (χ2v) is 2.97. The fraction of sp³-hybridized carbons (Fsp3) is 0.556. The molecule has 77 valence electrons. The van der Waals surface area contributed by atoms with Crippen LogP contribution in [0.2, 0.25) is 0 Å². The third-order valence-electron chi connectivity index (χ3n) is 2.11. The molecule has 0 atom stereocenters. The number of Topliss-reactive ketones (excluding diaryl/α,β-unsaturated/α-hetero) is 4. The summed E-state index contributed by atoms with van der Waals surface area (Å²) >= 11 is 0. The van der Waals surface area contributed by atoms with Crippen LogP contribution in [0, 0.1) is 5.41 Å². The van der Waals surface area contributed by atoms with E-state index >= 15 is 0 Å². The molecule has 0 aromatic heterocycles. The summed E-state index contributed by atoms with van der Waals surface area (Å²) in [5.41, 5.74) is -2.06. The van der Waals surface area contributed by atoms with Crippen molar-refractivity contribution in [3.63, 3.8) is 0 Å². The summed E-state index contributed by atoms with van der Waals surface area (Å²) in [5, 5.41) is 0. The normalized spacial score (nSPS) is 10.0. The van der Waals surface area contributed by atoms with Crippen LogP contribution >= 0.6 is 0 Å². The molecule has 0 aromatic rings. The largest absolute Gasteiger partial charge is 0.298 e. The number of carbonyl (C=O) groups excluding carboxylic acids is 4. The van der Waals surface area contributed by atoms with Crippen LogP contribution in [0.4, 0.5) is 0 Å². The van der Waals surface area contributed by atoms with Crippen molar-refractivity contribution < 1.29 is 41.6 Å². The zero-order valence-corrected chi connectivity index (χ0v) is 10.8. The van der Waals surface area contributed by atoms with Gasteiger partial charge in [-0.3, -0.25) is 19.2 Å². The summed E-state index contributed by atoms with van der Waals surface area (Å²) in [5.74, 6) is -2.83. The Labute approximate surface area is 97.9 Å². The number of hydrogen-bond acceptors (Lipinski definition) is 4. The number of carbonyl (C=O) groups is 4. The number of rotatable bonds is 4. The van der Waals surface area contributed by atoms with Crippen LogP contribution in [0.25, 0.3) is 0 Å². The van der Waals surface area contributed by atoms with E-state index in [1.54, 1.807) is 0 Å². The van der Waals surface area contributed by atoms with Gasteiger partial charge in [0.25, 0.3) is 0 Å². The molecule has 0 heterocycles. The maximum Gasteiger partial charge on any atom is 0.202 e. The van der Waals surface area contributed by atoms with Gasteiger partial charge in [0, 0.05) is 22.4 Å². The molecule has 0 fully saturated rings. The van der Waals surface area contributed by atoms with Crippen molar-refractivity contribution in [3.05, 3.63) is 0 Å². The van der Waals surface area contributed by atoms with Crippen LogP contribution in [0.5, 0.6) is 0 Å². The van der Waals surface area contributed by atoms with Gasteiger partial charge in [0.15, 0.2) is 23.1 Å². The Kier molecular flexibility index (Phi) is 6.05. The SMILES string of the molecule is CC(=O)C(C(C)=O)(C(C)=O)C(C)=O.[Nb]. The van der Waals surface area contributed by atoms with Gasteiger partial charge >= 0.3 is 0 Å². The van der Waals surface area contributed by atoms with E-state index < -0.39 is 28.5 Å². The van der Waals surface area contributed by atoms with Gasteiger partial charge in [-0.05, 0) is 27.7 Å².